The van der Waals surface area contributed by atoms with Gasteiger partial charge in [0.2, 0.25) is 0 Å². The number of hydrogen-bond acceptors (Lipinski definition) is 3. The van der Waals surface area contributed by atoms with Gasteiger partial charge in [-0.15, -0.1) is 0 Å². The molecule has 0 aromatic heterocycles. The lowest BCUT2D eigenvalue weighted by atomic mass is 10.0. The van der Waals surface area contributed by atoms with Crippen molar-refractivity contribution >= 4 is 16.2 Å². The van der Waals surface area contributed by atoms with Crippen molar-refractivity contribution in [1.82, 2.24) is 9.03 Å². The van der Waals surface area contributed by atoms with Gasteiger partial charge in [0, 0.05) is 19.6 Å². The summed E-state index contributed by atoms with van der Waals surface area (Å²) in [7, 11) is -3.45. The van der Waals surface area contributed by atoms with Crippen LogP contribution in [0.1, 0.15) is 33.1 Å². The molecule has 18 heavy (non-hydrogen) atoms. The third-order valence-electron chi connectivity index (χ3n) is 3.24. The highest BCUT2D eigenvalue weighted by atomic mass is 32.2. The zero-order valence-corrected chi connectivity index (χ0v) is 11.7. The Bertz CT molecular complexity index is 383. The SMILES string of the molecule is CC1CCCN(S(=O)(=O)NCCC(C)C(=O)O)C1. The molecule has 2 N–H and O–H groups in total. The van der Waals surface area contributed by atoms with Gasteiger partial charge < -0.3 is 5.11 Å². The van der Waals surface area contributed by atoms with Crippen LogP contribution in [-0.4, -0.2) is 43.4 Å². The van der Waals surface area contributed by atoms with Gasteiger partial charge in [0.25, 0.3) is 10.2 Å². The molecule has 1 aliphatic rings. The van der Waals surface area contributed by atoms with E-state index >= 15 is 0 Å². The predicted octanol–water partition coefficient (Wildman–Crippen LogP) is 0.663. The summed E-state index contributed by atoms with van der Waals surface area (Å²) in [5.41, 5.74) is 0. The maximum absolute atomic E-state index is 11.9. The van der Waals surface area contributed by atoms with E-state index in [1.165, 1.54) is 4.31 Å². The van der Waals surface area contributed by atoms with E-state index in [1.807, 2.05) is 6.92 Å². The monoisotopic (exact) mass is 278 g/mol. The average molecular weight is 278 g/mol. The highest BCUT2D eigenvalue weighted by molar-refractivity contribution is 7.87. The molecule has 106 valence electrons. The molecule has 2 unspecified atom stereocenters. The van der Waals surface area contributed by atoms with E-state index in [0.717, 1.165) is 12.8 Å². The zero-order valence-electron chi connectivity index (χ0n) is 10.9. The molecule has 0 amide bonds. The lowest BCUT2D eigenvalue weighted by molar-refractivity contribution is -0.141. The normalized spacial score (nSPS) is 23.8. The number of carboxylic acids is 1. The van der Waals surface area contributed by atoms with Gasteiger partial charge >= 0.3 is 5.97 Å². The molecule has 6 nitrogen and oxygen atoms in total. The van der Waals surface area contributed by atoms with Crippen LogP contribution in [-0.2, 0) is 15.0 Å². The molecular formula is C11H22N2O4S. The molecule has 0 spiro atoms. The second kappa shape index (κ2) is 6.49. The minimum absolute atomic E-state index is 0.167. The summed E-state index contributed by atoms with van der Waals surface area (Å²) in [5, 5.41) is 8.71. The maximum Gasteiger partial charge on any atom is 0.306 e. The van der Waals surface area contributed by atoms with Crippen molar-refractivity contribution in [2.24, 2.45) is 11.8 Å². The van der Waals surface area contributed by atoms with Crippen molar-refractivity contribution in [2.45, 2.75) is 33.1 Å². The number of carboxylic acid groups (broad SMARTS) is 1. The van der Waals surface area contributed by atoms with E-state index in [1.54, 1.807) is 6.92 Å². The lowest BCUT2D eigenvalue weighted by Gasteiger charge is -2.30. The Morgan fingerprint density at radius 1 is 1.56 bits per heavy atom. The van der Waals surface area contributed by atoms with Crippen LogP contribution < -0.4 is 4.72 Å². The van der Waals surface area contributed by atoms with Crippen LogP contribution in [0.15, 0.2) is 0 Å². The molecular weight excluding hydrogens is 256 g/mol. The van der Waals surface area contributed by atoms with Gasteiger partial charge in [-0.2, -0.15) is 12.7 Å². The predicted molar refractivity (Wildman–Crippen MR) is 68.3 cm³/mol. The van der Waals surface area contributed by atoms with Gasteiger partial charge in [0.1, 0.15) is 0 Å². The molecule has 1 heterocycles. The number of aliphatic carboxylic acids is 1. The van der Waals surface area contributed by atoms with E-state index in [-0.39, 0.29) is 6.54 Å². The standard InChI is InChI=1S/C11H22N2O4S/c1-9-4-3-7-13(8-9)18(16,17)12-6-5-10(2)11(14)15/h9-10,12H,3-8H2,1-2H3,(H,14,15). The van der Waals surface area contributed by atoms with Gasteiger partial charge in [-0.3, -0.25) is 4.79 Å². The summed E-state index contributed by atoms with van der Waals surface area (Å²) in [6.07, 6.45) is 2.24. The van der Waals surface area contributed by atoms with E-state index in [4.69, 9.17) is 5.11 Å². The van der Waals surface area contributed by atoms with Gasteiger partial charge in [0.15, 0.2) is 0 Å². The highest BCUT2D eigenvalue weighted by Gasteiger charge is 2.26. The second-order valence-corrected chi connectivity index (χ2v) is 6.79. The lowest BCUT2D eigenvalue weighted by Crippen LogP contribution is -2.46. The van der Waals surface area contributed by atoms with Crippen LogP contribution >= 0.6 is 0 Å². The first kappa shape index (κ1) is 15.4. The molecule has 1 aliphatic heterocycles. The summed E-state index contributed by atoms with van der Waals surface area (Å²) in [5.74, 6) is -1.05. The minimum Gasteiger partial charge on any atom is -0.481 e. The van der Waals surface area contributed by atoms with Crippen molar-refractivity contribution in [3.8, 4) is 0 Å². The van der Waals surface area contributed by atoms with E-state index in [0.29, 0.717) is 25.4 Å². The van der Waals surface area contributed by atoms with Crippen LogP contribution in [0.4, 0.5) is 0 Å². The first-order valence-electron chi connectivity index (χ1n) is 6.30. The Kier molecular flexibility index (Phi) is 5.55. The molecule has 1 rings (SSSR count). The summed E-state index contributed by atoms with van der Waals surface area (Å²) in [4.78, 5) is 10.6. The Morgan fingerprint density at radius 2 is 2.22 bits per heavy atom. The number of nitrogens with one attached hydrogen (secondary N) is 1. The third kappa shape index (κ3) is 4.55. The first-order valence-corrected chi connectivity index (χ1v) is 7.74. The highest BCUT2D eigenvalue weighted by Crippen LogP contribution is 2.17. The first-order chi connectivity index (χ1) is 8.33. The van der Waals surface area contributed by atoms with Crippen LogP contribution in [0.25, 0.3) is 0 Å². The molecule has 0 aromatic rings. The Balaban J connectivity index is 2.42. The maximum atomic E-state index is 11.9. The number of hydrogen-bond donors (Lipinski definition) is 2. The topological polar surface area (TPSA) is 86.7 Å². The fourth-order valence-corrected chi connectivity index (χ4v) is 3.36. The largest absolute Gasteiger partial charge is 0.481 e. The van der Waals surface area contributed by atoms with Crippen molar-refractivity contribution in [2.75, 3.05) is 19.6 Å². The van der Waals surface area contributed by atoms with Crippen molar-refractivity contribution in [3.05, 3.63) is 0 Å². The van der Waals surface area contributed by atoms with Gasteiger partial charge in [-0.1, -0.05) is 13.8 Å². The quantitative estimate of drug-likeness (QED) is 0.747. The summed E-state index contributed by atoms with van der Waals surface area (Å²) in [6.45, 7) is 4.87. The molecule has 1 saturated heterocycles. The molecule has 0 saturated carbocycles. The molecule has 0 aromatic carbocycles. The third-order valence-corrected chi connectivity index (χ3v) is 4.82. The van der Waals surface area contributed by atoms with Crippen LogP contribution in [0.3, 0.4) is 0 Å². The molecule has 0 aliphatic carbocycles. The minimum atomic E-state index is -3.45. The summed E-state index contributed by atoms with van der Waals surface area (Å²) < 4.78 is 27.8. The van der Waals surface area contributed by atoms with Crippen LogP contribution in [0.2, 0.25) is 0 Å². The second-order valence-electron chi connectivity index (χ2n) is 5.03. The number of carbonyl (C=O) groups is 1. The fourth-order valence-electron chi connectivity index (χ4n) is 1.98. The van der Waals surface area contributed by atoms with E-state index in [2.05, 4.69) is 4.72 Å². The molecule has 0 radical (unpaired) electrons. The van der Waals surface area contributed by atoms with Crippen LogP contribution in [0.5, 0.6) is 0 Å². The zero-order chi connectivity index (χ0) is 13.8. The average Bonchev–Trinajstić information content (AvgIpc) is 2.28. The smallest absolute Gasteiger partial charge is 0.306 e. The fraction of sp³-hybridized carbons (Fsp3) is 0.909. The Morgan fingerprint density at radius 3 is 2.78 bits per heavy atom. The van der Waals surface area contributed by atoms with Gasteiger partial charge in [0.05, 0.1) is 5.92 Å². The van der Waals surface area contributed by atoms with Crippen molar-refractivity contribution in [1.29, 1.82) is 0 Å². The number of piperidine rings is 1. The van der Waals surface area contributed by atoms with Crippen molar-refractivity contribution in [3.63, 3.8) is 0 Å². The Hall–Kier alpha value is -0.660. The van der Waals surface area contributed by atoms with E-state index in [9.17, 15) is 13.2 Å². The molecule has 0 bridgehead atoms. The van der Waals surface area contributed by atoms with Crippen molar-refractivity contribution < 1.29 is 18.3 Å². The summed E-state index contributed by atoms with van der Waals surface area (Å²) >= 11 is 0. The number of rotatable bonds is 6. The molecule has 1 fully saturated rings. The van der Waals surface area contributed by atoms with Gasteiger partial charge in [-0.05, 0) is 25.2 Å². The number of nitrogens with zero attached hydrogens (tertiary/aromatic N) is 1. The summed E-state index contributed by atoms with van der Waals surface area (Å²) in [6, 6.07) is 0. The Labute approximate surface area is 109 Å². The molecule has 2 atom stereocenters. The van der Waals surface area contributed by atoms with E-state index < -0.39 is 22.1 Å². The van der Waals surface area contributed by atoms with Crippen LogP contribution in [0, 0.1) is 11.8 Å². The van der Waals surface area contributed by atoms with Gasteiger partial charge in [-0.25, -0.2) is 4.72 Å². The molecule has 7 heteroatoms.